The van der Waals surface area contributed by atoms with E-state index in [2.05, 4.69) is 22.4 Å². The Hall–Kier alpha value is -1.88. The van der Waals surface area contributed by atoms with Gasteiger partial charge in [0.05, 0.1) is 0 Å². The van der Waals surface area contributed by atoms with Crippen molar-refractivity contribution in [2.45, 2.75) is 27.0 Å². The summed E-state index contributed by atoms with van der Waals surface area (Å²) in [6.07, 6.45) is 0. The first kappa shape index (κ1) is 12.6. The Morgan fingerprint density at radius 1 is 1.22 bits per heavy atom. The van der Waals surface area contributed by atoms with Crippen molar-refractivity contribution in [1.29, 1.82) is 0 Å². The lowest BCUT2D eigenvalue weighted by Crippen LogP contribution is -2.11. The largest absolute Gasteiger partial charge is 0.484 e. The van der Waals surface area contributed by atoms with Crippen LogP contribution in [0.25, 0.3) is 0 Å². The molecule has 2 rings (SSSR count). The van der Waals surface area contributed by atoms with Crippen LogP contribution in [0.2, 0.25) is 0 Å². The molecular weight excluding hydrogens is 230 g/mol. The van der Waals surface area contributed by atoms with Crippen LogP contribution < -0.4 is 10.1 Å². The second-order valence-electron chi connectivity index (χ2n) is 3.93. The van der Waals surface area contributed by atoms with Crippen LogP contribution in [0.3, 0.4) is 0 Å². The lowest BCUT2D eigenvalue weighted by atomic mass is 10.2. The normalized spacial score (nSPS) is 10.6. The highest BCUT2D eigenvalue weighted by atomic mass is 16.5. The molecule has 0 unspecified atom stereocenters. The summed E-state index contributed by atoms with van der Waals surface area (Å²) in [6.45, 7) is 5.98. The maximum Gasteiger partial charge on any atom is 0.253 e. The highest BCUT2D eigenvalue weighted by Crippen LogP contribution is 2.13. The third-order valence-corrected chi connectivity index (χ3v) is 2.43. The highest BCUT2D eigenvalue weighted by Gasteiger charge is 2.03. The Morgan fingerprint density at radius 3 is 2.61 bits per heavy atom. The van der Waals surface area contributed by atoms with E-state index in [4.69, 9.17) is 9.15 Å². The number of aromatic nitrogens is 2. The van der Waals surface area contributed by atoms with E-state index in [-0.39, 0.29) is 0 Å². The van der Waals surface area contributed by atoms with Crippen LogP contribution in [0.4, 0.5) is 0 Å². The molecule has 18 heavy (non-hydrogen) atoms. The first-order valence-corrected chi connectivity index (χ1v) is 5.99. The third kappa shape index (κ3) is 3.56. The average Bonchev–Trinajstić information content (AvgIpc) is 2.81. The van der Waals surface area contributed by atoms with Gasteiger partial charge in [0.25, 0.3) is 5.89 Å². The smallest absolute Gasteiger partial charge is 0.253 e. The van der Waals surface area contributed by atoms with E-state index in [0.717, 1.165) is 18.8 Å². The molecule has 0 saturated heterocycles. The van der Waals surface area contributed by atoms with Gasteiger partial charge in [0.15, 0.2) is 6.61 Å². The fourth-order valence-electron chi connectivity index (χ4n) is 1.51. The molecule has 0 atom stereocenters. The number of benzene rings is 1. The molecule has 1 N–H and O–H groups in total. The van der Waals surface area contributed by atoms with Gasteiger partial charge >= 0.3 is 0 Å². The van der Waals surface area contributed by atoms with E-state index in [9.17, 15) is 0 Å². The standard InChI is InChI=1S/C13H17N3O2/c1-3-14-8-11-4-6-12(7-5-11)17-9-13-16-15-10(2)18-13/h4-7,14H,3,8-9H2,1-2H3. The zero-order chi connectivity index (χ0) is 12.8. The van der Waals surface area contributed by atoms with Gasteiger partial charge in [-0.3, -0.25) is 0 Å². The summed E-state index contributed by atoms with van der Waals surface area (Å²) in [5, 5.41) is 10.9. The van der Waals surface area contributed by atoms with Crippen molar-refractivity contribution in [2.24, 2.45) is 0 Å². The molecule has 0 spiro atoms. The molecule has 5 nitrogen and oxygen atoms in total. The monoisotopic (exact) mass is 247 g/mol. The Morgan fingerprint density at radius 2 is 2.00 bits per heavy atom. The Balaban J connectivity index is 1.86. The van der Waals surface area contributed by atoms with Crippen LogP contribution in [0.1, 0.15) is 24.3 Å². The molecule has 0 saturated carbocycles. The molecule has 5 heteroatoms. The van der Waals surface area contributed by atoms with Gasteiger partial charge in [0.1, 0.15) is 5.75 Å². The summed E-state index contributed by atoms with van der Waals surface area (Å²) in [5.74, 6) is 1.84. The summed E-state index contributed by atoms with van der Waals surface area (Å²) in [5.41, 5.74) is 1.23. The third-order valence-electron chi connectivity index (χ3n) is 2.43. The zero-order valence-electron chi connectivity index (χ0n) is 10.6. The number of rotatable bonds is 6. The molecule has 2 aromatic rings. The van der Waals surface area contributed by atoms with Crippen molar-refractivity contribution in [1.82, 2.24) is 15.5 Å². The Labute approximate surface area is 106 Å². The molecule has 1 heterocycles. The fourth-order valence-corrected chi connectivity index (χ4v) is 1.51. The van der Waals surface area contributed by atoms with Gasteiger partial charge in [-0.05, 0) is 24.2 Å². The van der Waals surface area contributed by atoms with Gasteiger partial charge in [-0.25, -0.2) is 0 Å². The molecule has 0 radical (unpaired) electrons. The summed E-state index contributed by atoms with van der Waals surface area (Å²) >= 11 is 0. The van der Waals surface area contributed by atoms with Crippen molar-refractivity contribution in [3.63, 3.8) is 0 Å². The van der Waals surface area contributed by atoms with E-state index in [1.54, 1.807) is 6.92 Å². The minimum absolute atomic E-state index is 0.299. The average molecular weight is 247 g/mol. The van der Waals surface area contributed by atoms with E-state index in [1.807, 2.05) is 24.3 Å². The van der Waals surface area contributed by atoms with Crippen LogP contribution in [0.15, 0.2) is 28.7 Å². The van der Waals surface area contributed by atoms with E-state index >= 15 is 0 Å². The van der Waals surface area contributed by atoms with Gasteiger partial charge in [-0.2, -0.15) is 0 Å². The van der Waals surface area contributed by atoms with Crippen molar-refractivity contribution in [3.05, 3.63) is 41.6 Å². The topological polar surface area (TPSA) is 60.2 Å². The number of nitrogens with zero attached hydrogens (tertiary/aromatic N) is 2. The number of hydrogen-bond acceptors (Lipinski definition) is 5. The molecule has 96 valence electrons. The predicted octanol–water partition coefficient (Wildman–Crippen LogP) is 2.07. The SMILES string of the molecule is CCNCc1ccc(OCc2nnc(C)o2)cc1. The Bertz CT molecular complexity index is 479. The summed E-state index contributed by atoms with van der Waals surface area (Å²) < 4.78 is 10.8. The lowest BCUT2D eigenvalue weighted by Gasteiger charge is -2.05. The van der Waals surface area contributed by atoms with Crippen LogP contribution in [-0.4, -0.2) is 16.7 Å². The van der Waals surface area contributed by atoms with Gasteiger partial charge in [0.2, 0.25) is 5.89 Å². The highest BCUT2D eigenvalue weighted by molar-refractivity contribution is 5.27. The number of aryl methyl sites for hydroxylation is 1. The zero-order valence-corrected chi connectivity index (χ0v) is 10.6. The Kier molecular flexibility index (Phi) is 4.30. The van der Waals surface area contributed by atoms with E-state index < -0.39 is 0 Å². The van der Waals surface area contributed by atoms with E-state index in [1.165, 1.54) is 5.56 Å². The minimum atomic E-state index is 0.299. The molecular formula is C13H17N3O2. The first-order valence-electron chi connectivity index (χ1n) is 5.99. The van der Waals surface area contributed by atoms with Crippen molar-refractivity contribution >= 4 is 0 Å². The predicted molar refractivity (Wildman–Crippen MR) is 67.2 cm³/mol. The molecule has 1 aromatic heterocycles. The number of hydrogen-bond donors (Lipinski definition) is 1. The summed E-state index contributed by atoms with van der Waals surface area (Å²) in [6, 6.07) is 7.96. The van der Waals surface area contributed by atoms with Crippen molar-refractivity contribution in [2.75, 3.05) is 6.54 Å². The van der Waals surface area contributed by atoms with Crippen LogP contribution in [-0.2, 0) is 13.2 Å². The summed E-state index contributed by atoms with van der Waals surface area (Å²) in [7, 11) is 0. The molecule has 1 aromatic carbocycles. The maximum atomic E-state index is 5.55. The number of nitrogens with one attached hydrogen (secondary N) is 1. The molecule has 0 amide bonds. The number of ether oxygens (including phenoxy) is 1. The van der Waals surface area contributed by atoms with Gasteiger partial charge in [-0.15, -0.1) is 10.2 Å². The molecule has 0 aliphatic carbocycles. The molecule has 0 bridgehead atoms. The maximum absolute atomic E-state index is 5.55. The first-order chi connectivity index (χ1) is 8.78. The molecule has 0 fully saturated rings. The van der Waals surface area contributed by atoms with Crippen molar-refractivity contribution < 1.29 is 9.15 Å². The van der Waals surface area contributed by atoms with Crippen LogP contribution in [0.5, 0.6) is 5.75 Å². The van der Waals surface area contributed by atoms with Gasteiger partial charge in [0, 0.05) is 13.5 Å². The van der Waals surface area contributed by atoms with Crippen molar-refractivity contribution in [3.8, 4) is 5.75 Å². The van der Waals surface area contributed by atoms with E-state index in [0.29, 0.717) is 18.4 Å². The van der Waals surface area contributed by atoms with Gasteiger partial charge < -0.3 is 14.5 Å². The summed E-state index contributed by atoms with van der Waals surface area (Å²) in [4.78, 5) is 0. The minimum Gasteiger partial charge on any atom is -0.484 e. The molecule has 0 aliphatic rings. The van der Waals surface area contributed by atoms with Gasteiger partial charge in [-0.1, -0.05) is 19.1 Å². The fraction of sp³-hybridized carbons (Fsp3) is 0.385. The second-order valence-corrected chi connectivity index (χ2v) is 3.93. The quantitative estimate of drug-likeness (QED) is 0.846. The lowest BCUT2D eigenvalue weighted by molar-refractivity contribution is 0.260. The van der Waals surface area contributed by atoms with Crippen LogP contribution in [0, 0.1) is 6.92 Å². The van der Waals surface area contributed by atoms with Crippen LogP contribution >= 0.6 is 0 Å². The molecule has 0 aliphatic heterocycles. The second kappa shape index (κ2) is 6.16.